The smallest absolute Gasteiger partial charge is 0.132 e. The maximum absolute atomic E-state index is 7.86. The number of rotatable bonds is 2. The molecule has 0 aliphatic heterocycles. The van der Waals surface area contributed by atoms with Crippen molar-refractivity contribution in [3.05, 3.63) is 23.4 Å². The normalized spacial score (nSPS) is 15.8. The van der Waals surface area contributed by atoms with Crippen molar-refractivity contribution in [3.63, 3.8) is 0 Å². The van der Waals surface area contributed by atoms with E-state index in [-0.39, 0.29) is 0 Å². The molecule has 3 nitrogen and oxygen atoms in total. The molecule has 3 heteroatoms. The van der Waals surface area contributed by atoms with Crippen LogP contribution in [0.3, 0.4) is 0 Å². The zero-order valence-corrected chi connectivity index (χ0v) is 7.67. The highest BCUT2D eigenvalue weighted by molar-refractivity contribution is 6.04. The fourth-order valence-electron chi connectivity index (χ4n) is 1.39. The van der Waals surface area contributed by atoms with Crippen molar-refractivity contribution in [1.82, 2.24) is 4.98 Å². The Labute approximate surface area is 77.5 Å². The Balaban J connectivity index is 2.37. The van der Waals surface area contributed by atoms with Gasteiger partial charge in [0.15, 0.2) is 0 Å². The lowest BCUT2D eigenvalue weighted by Crippen LogP contribution is -2.07. The van der Waals surface area contributed by atoms with Gasteiger partial charge in [-0.1, -0.05) is 0 Å². The standard InChI is InChI=1S/C10H13N3/c1-6-4-8(10(12)13-5-6)9(11)7-2-3-7/h4-5,7,11H,2-3H2,1H3,(H2,12,13). The minimum absolute atomic E-state index is 0.436. The van der Waals surface area contributed by atoms with Crippen LogP contribution in [0.2, 0.25) is 0 Å². The number of hydrogen-bond acceptors (Lipinski definition) is 3. The van der Waals surface area contributed by atoms with Crippen molar-refractivity contribution in [2.75, 3.05) is 5.73 Å². The van der Waals surface area contributed by atoms with Crippen LogP contribution < -0.4 is 5.73 Å². The van der Waals surface area contributed by atoms with Crippen molar-refractivity contribution in [3.8, 4) is 0 Å². The third kappa shape index (κ3) is 1.54. The molecule has 0 atom stereocenters. The third-order valence-corrected chi connectivity index (χ3v) is 2.33. The first kappa shape index (κ1) is 8.23. The van der Waals surface area contributed by atoms with Gasteiger partial charge in [0.2, 0.25) is 0 Å². The summed E-state index contributed by atoms with van der Waals surface area (Å²) in [5.74, 6) is 0.924. The number of aromatic nitrogens is 1. The molecule has 1 heterocycles. The predicted octanol–water partition coefficient (Wildman–Crippen LogP) is 1.75. The Hall–Kier alpha value is -1.38. The second kappa shape index (κ2) is 2.83. The fraction of sp³-hybridized carbons (Fsp3) is 0.400. The van der Waals surface area contributed by atoms with E-state index in [1.54, 1.807) is 6.20 Å². The van der Waals surface area contributed by atoms with E-state index in [1.807, 2.05) is 13.0 Å². The highest BCUT2D eigenvalue weighted by atomic mass is 14.8. The first-order valence-electron chi connectivity index (χ1n) is 4.49. The second-order valence-corrected chi connectivity index (χ2v) is 3.63. The van der Waals surface area contributed by atoms with Gasteiger partial charge in [-0.15, -0.1) is 0 Å². The van der Waals surface area contributed by atoms with Gasteiger partial charge in [0.1, 0.15) is 5.82 Å². The fourth-order valence-corrected chi connectivity index (χ4v) is 1.39. The largest absolute Gasteiger partial charge is 0.383 e. The van der Waals surface area contributed by atoms with Crippen LogP contribution >= 0.6 is 0 Å². The van der Waals surface area contributed by atoms with Crippen LogP contribution in [0.25, 0.3) is 0 Å². The van der Waals surface area contributed by atoms with E-state index < -0.39 is 0 Å². The molecule has 0 bridgehead atoms. The molecule has 1 saturated carbocycles. The molecule has 0 saturated heterocycles. The molecule has 1 aromatic heterocycles. The molecule has 2 rings (SSSR count). The topological polar surface area (TPSA) is 62.8 Å². The van der Waals surface area contributed by atoms with Gasteiger partial charge in [0, 0.05) is 23.4 Å². The number of hydrogen-bond donors (Lipinski definition) is 2. The number of nitrogens with one attached hydrogen (secondary N) is 1. The molecule has 0 spiro atoms. The number of anilines is 1. The number of nitrogens with zero attached hydrogens (tertiary/aromatic N) is 1. The summed E-state index contributed by atoms with van der Waals surface area (Å²) >= 11 is 0. The molecule has 1 fully saturated rings. The lowest BCUT2D eigenvalue weighted by molar-refractivity contribution is 1.15. The minimum Gasteiger partial charge on any atom is -0.383 e. The summed E-state index contributed by atoms with van der Waals surface area (Å²) in [5.41, 5.74) is 8.25. The third-order valence-electron chi connectivity index (χ3n) is 2.33. The lowest BCUT2D eigenvalue weighted by atomic mass is 10.1. The van der Waals surface area contributed by atoms with Crippen LogP contribution in [0.15, 0.2) is 12.3 Å². The van der Waals surface area contributed by atoms with Gasteiger partial charge in [-0.05, 0) is 31.4 Å². The maximum Gasteiger partial charge on any atom is 0.132 e. The molecule has 68 valence electrons. The van der Waals surface area contributed by atoms with E-state index in [2.05, 4.69) is 4.98 Å². The number of nitrogen functional groups attached to an aromatic ring is 1. The van der Waals surface area contributed by atoms with Gasteiger partial charge in [-0.25, -0.2) is 4.98 Å². The molecule has 1 aliphatic rings. The van der Waals surface area contributed by atoms with Crippen molar-refractivity contribution < 1.29 is 0 Å². The molecule has 0 radical (unpaired) electrons. The van der Waals surface area contributed by atoms with Gasteiger partial charge in [0.25, 0.3) is 0 Å². The van der Waals surface area contributed by atoms with E-state index in [9.17, 15) is 0 Å². The SMILES string of the molecule is Cc1cnc(N)c(C(=N)C2CC2)c1. The molecule has 0 amide bonds. The summed E-state index contributed by atoms with van der Waals surface area (Å²) in [6, 6.07) is 1.95. The van der Waals surface area contributed by atoms with Crippen LogP contribution in [-0.4, -0.2) is 10.7 Å². The Morgan fingerprint density at radius 3 is 2.92 bits per heavy atom. The highest BCUT2D eigenvalue weighted by Gasteiger charge is 2.28. The van der Waals surface area contributed by atoms with E-state index in [4.69, 9.17) is 11.1 Å². The van der Waals surface area contributed by atoms with Crippen LogP contribution in [0, 0.1) is 18.3 Å². The molecule has 3 N–H and O–H groups in total. The van der Waals surface area contributed by atoms with Gasteiger partial charge in [0.05, 0.1) is 0 Å². The number of aryl methyl sites for hydroxylation is 1. The van der Waals surface area contributed by atoms with Crippen molar-refractivity contribution in [2.24, 2.45) is 5.92 Å². The van der Waals surface area contributed by atoms with Crippen molar-refractivity contribution >= 4 is 11.5 Å². The Bertz CT molecular complexity index is 353. The summed E-state index contributed by atoms with van der Waals surface area (Å²) in [7, 11) is 0. The quantitative estimate of drug-likeness (QED) is 0.672. The van der Waals surface area contributed by atoms with Gasteiger partial charge in [-0.3, -0.25) is 0 Å². The molecule has 13 heavy (non-hydrogen) atoms. The highest BCUT2D eigenvalue weighted by Crippen LogP contribution is 2.33. The number of nitrogens with two attached hydrogens (primary N) is 1. The second-order valence-electron chi connectivity index (χ2n) is 3.63. The molecular weight excluding hydrogens is 162 g/mol. The average Bonchev–Trinajstić information content (AvgIpc) is 2.91. The summed E-state index contributed by atoms with van der Waals surface area (Å²) in [5, 5.41) is 7.86. The Morgan fingerprint density at radius 2 is 2.31 bits per heavy atom. The van der Waals surface area contributed by atoms with Crippen LogP contribution in [-0.2, 0) is 0 Å². The van der Waals surface area contributed by atoms with Crippen molar-refractivity contribution in [1.29, 1.82) is 5.41 Å². The van der Waals surface area contributed by atoms with Crippen LogP contribution in [0.1, 0.15) is 24.0 Å². The average molecular weight is 175 g/mol. The first-order chi connectivity index (χ1) is 6.18. The first-order valence-corrected chi connectivity index (χ1v) is 4.49. The Morgan fingerprint density at radius 1 is 1.62 bits per heavy atom. The van der Waals surface area contributed by atoms with E-state index >= 15 is 0 Å². The van der Waals surface area contributed by atoms with Gasteiger partial charge < -0.3 is 11.1 Å². The zero-order chi connectivity index (χ0) is 9.42. The van der Waals surface area contributed by atoms with E-state index in [0.29, 0.717) is 17.4 Å². The van der Waals surface area contributed by atoms with E-state index in [1.165, 1.54) is 0 Å². The predicted molar refractivity (Wildman–Crippen MR) is 52.9 cm³/mol. The monoisotopic (exact) mass is 175 g/mol. The number of pyridine rings is 1. The Kier molecular flexibility index (Phi) is 1.79. The summed E-state index contributed by atoms with van der Waals surface area (Å²) in [6.45, 7) is 1.97. The summed E-state index contributed by atoms with van der Waals surface area (Å²) in [6.07, 6.45) is 4.00. The molecule has 0 aromatic carbocycles. The maximum atomic E-state index is 7.86. The van der Waals surface area contributed by atoms with Gasteiger partial charge >= 0.3 is 0 Å². The lowest BCUT2D eigenvalue weighted by Gasteiger charge is -2.05. The van der Waals surface area contributed by atoms with Crippen LogP contribution in [0.4, 0.5) is 5.82 Å². The molecule has 0 unspecified atom stereocenters. The van der Waals surface area contributed by atoms with E-state index in [0.717, 1.165) is 24.0 Å². The van der Waals surface area contributed by atoms with Crippen molar-refractivity contribution in [2.45, 2.75) is 19.8 Å². The molecular formula is C10H13N3. The molecule has 1 aromatic rings. The molecule has 1 aliphatic carbocycles. The summed E-state index contributed by atoms with van der Waals surface area (Å²) in [4.78, 5) is 4.05. The zero-order valence-electron chi connectivity index (χ0n) is 7.67. The van der Waals surface area contributed by atoms with Gasteiger partial charge in [-0.2, -0.15) is 0 Å². The van der Waals surface area contributed by atoms with Crippen LogP contribution in [0.5, 0.6) is 0 Å². The minimum atomic E-state index is 0.436. The summed E-state index contributed by atoms with van der Waals surface area (Å²) < 4.78 is 0.